The Morgan fingerprint density at radius 1 is 0.565 bits per heavy atom. The largest absolute Gasteiger partial charge is 0.749 e. The lowest BCUT2D eigenvalue weighted by Gasteiger charge is -2.13. The molecule has 0 amide bonds. The van der Waals surface area contributed by atoms with Gasteiger partial charge in [-0.3, -0.25) is 4.72 Å². The van der Waals surface area contributed by atoms with Crippen molar-refractivity contribution in [1.82, 2.24) is 0 Å². The van der Waals surface area contributed by atoms with Crippen molar-refractivity contribution in [2.45, 2.75) is 9.79 Å². The number of halogens is 12. The van der Waals surface area contributed by atoms with Crippen molar-refractivity contribution in [2.24, 2.45) is 0 Å². The second-order valence-corrected chi connectivity index (χ2v) is 19.1. The maximum Gasteiger partial charge on any atom is 0.265 e. The van der Waals surface area contributed by atoms with Crippen LogP contribution in [0.15, 0.2) is 137 Å². The number of benzene rings is 7. The maximum absolute atomic E-state index is 14.1. The summed E-state index contributed by atoms with van der Waals surface area (Å²) >= 11 is 17.9. The molecule has 0 aliphatic carbocycles. The number of phenols is 3. The Hall–Kier alpha value is -5.53. The summed E-state index contributed by atoms with van der Waals surface area (Å²) in [5.74, 6) is -7.49. The summed E-state index contributed by atoms with van der Waals surface area (Å²) in [5, 5.41) is 26.8. The summed E-state index contributed by atoms with van der Waals surface area (Å²) in [4.78, 5) is -1.61. The summed E-state index contributed by atoms with van der Waals surface area (Å²) < 4.78 is 162. The average Bonchev–Trinajstić information content (AvgIpc) is 3.28. The molecule has 1 atom stereocenters. The average molecular weight is 1130 g/mol. The minimum atomic E-state index is -4.61. The van der Waals surface area contributed by atoms with Gasteiger partial charge in [0.05, 0.1) is 38.3 Å². The quantitative estimate of drug-likeness (QED) is 0.0438. The zero-order valence-electron chi connectivity index (χ0n) is 33.7. The van der Waals surface area contributed by atoms with Crippen molar-refractivity contribution < 1.29 is 75.4 Å². The van der Waals surface area contributed by atoms with Gasteiger partial charge in [-0.05, 0) is 65.7 Å². The fraction of sp³-hybridized carbons (Fsp3) is 0. The number of hydrogen-bond acceptors (Lipinski definition) is 11. The first-order valence-corrected chi connectivity index (χ1v) is 24.1. The monoisotopic (exact) mass is 1120 g/mol. The minimum absolute atomic E-state index is 0.0370. The molecule has 12 nitrogen and oxygen atoms in total. The van der Waals surface area contributed by atoms with Crippen LogP contribution in [0.4, 0.5) is 42.1 Å². The van der Waals surface area contributed by atoms with E-state index in [1.807, 2.05) is 10.8 Å². The topological polar surface area (TPSA) is 216 Å². The number of sulfonamides is 1. The zero-order chi connectivity index (χ0) is 52.0. The molecular weight excluding hydrogens is 1100 g/mol. The van der Waals surface area contributed by atoms with Gasteiger partial charge in [-0.15, -0.1) is 0 Å². The second kappa shape index (κ2) is 25.9. The first kappa shape index (κ1) is 57.8. The Kier molecular flexibility index (Phi) is 21.7. The van der Waals surface area contributed by atoms with Crippen molar-refractivity contribution in [3.63, 3.8) is 0 Å². The van der Waals surface area contributed by atoms with Crippen LogP contribution in [-0.4, -0.2) is 40.9 Å². The molecule has 1 unspecified atom stereocenters. The van der Waals surface area contributed by atoms with Crippen LogP contribution in [0, 0.1) is 40.7 Å². The molecule has 7 aromatic rings. The molecule has 0 aliphatic rings. The molecule has 7 rings (SSSR count). The number of hydrogen-bond donors (Lipinski definition) is 5. The van der Waals surface area contributed by atoms with Gasteiger partial charge >= 0.3 is 0 Å². The van der Waals surface area contributed by atoms with Crippen LogP contribution in [-0.2, 0) is 34.2 Å². The third kappa shape index (κ3) is 17.4. The summed E-state index contributed by atoms with van der Waals surface area (Å²) in [6, 6.07) is 26.6. The van der Waals surface area contributed by atoms with Gasteiger partial charge in [0.1, 0.15) is 67.6 Å². The van der Waals surface area contributed by atoms with Crippen LogP contribution in [0.3, 0.4) is 0 Å². The number of phenolic OH excluding ortho intramolecular Hbond substituents is 3. The molecule has 0 saturated carbocycles. The van der Waals surface area contributed by atoms with Gasteiger partial charge in [0.15, 0.2) is 11.5 Å². The second-order valence-electron chi connectivity index (χ2n) is 12.8. The molecule has 7 aromatic carbocycles. The highest BCUT2D eigenvalue weighted by Crippen LogP contribution is 2.36. The fourth-order valence-electron chi connectivity index (χ4n) is 5.03. The predicted molar refractivity (Wildman–Crippen MR) is 247 cm³/mol. The Balaban J connectivity index is 0.000000254. The van der Waals surface area contributed by atoms with Gasteiger partial charge in [0.25, 0.3) is 19.1 Å². The molecule has 368 valence electrons. The molecule has 0 radical (unpaired) electrons. The number of nitrogens with two attached hydrogens (primary N) is 1. The van der Waals surface area contributed by atoms with E-state index in [0.717, 1.165) is 36.4 Å². The van der Waals surface area contributed by atoms with Crippen molar-refractivity contribution in [3.05, 3.63) is 183 Å². The third-order valence-corrected chi connectivity index (χ3v) is 12.1. The Morgan fingerprint density at radius 3 is 1.42 bits per heavy atom. The van der Waals surface area contributed by atoms with E-state index in [-0.39, 0.29) is 22.0 Å². The Bertz CT molecular complexity index is 3180. The molecule has 0 heterocycles. The van der Waals surface area contributed by atoms with Crippen LogP contribution >= 0.6 is 57.4 Å². The lowest BCUT2D eigenvalue weighted by Crippen LogP contribution is -2.15. The van der Waals surface area contributed by atoms with Crippen molar-refractivity contribution in [2.75, 3.05) is 10.5 Å². The van der Waals surface area contributed by atoms with E-state index in [9.17, 15) is 52.7 Å². The van der Waals surface area contributed by atoms with Gasteiger partial charge in [-0.1, -0.05) is 95.5 Å². The number of aromatic hydroxyl groups is 3. The lowest BCUT2D eigenvalue weighted by molar-refractivity contribution is 0.455. The van der Waals surface area contributed by atoms with Crippen LogP contribution in [0.5, 0.6) is 17.2 Å². The molecule has 0 fully saturated rings. The summed E-state index contributed by atoms with van der Waals surface area (Å²) in [6.45, 7) is 0. The fourth-order valence-corrected chi connectivity index (χ4v) is 7.85. The van der Waals surface area contributed by atoms with Gasteiger partial charge in [0, 0.05) is 33.9 Å². The van der Waals surface area contributed by atoms with E-state index < -0.39 is 108 Å². The van der Waals surface area contributed by atoms with Gasteiger partial charge in [-0.25, -0.2) is 51.8 Å². The van der Waals surface area contributed by atoms with Crippen LogP contribution in [0.1, 0.15) is 0 Å². The highest BCUT2D eigenvalue weighted by atomic mass is 35.7. The van der Waals surface area contributed by atoms with E-state index in [1.165, 1.54) is 12.1 Å². The van der Waals surface area contributed by atoms with Gasteiger partial charge in [0.2, 0.25) is 0 Å². The Morgan fingerprint density at radius 2 is 0.986 bits per heavy atom. The van der Waals surface area contributed by atoms with E-state index in [2.05, 4.69) is 15.6 Å². The molecule has 0 aromatic heterocycles. The Labute approximate surface area is 415 Å². The third-order valence-electron chi connectivity index (χ3n) is 8.06. The van der Waals surface area contributed by atoms with E-state index in [4.69, 9.17) is 70.2 Å². The predicted octanol–water partition coefficient (Wildman–Crippen LogP) is 12.4. The zero-order valence-corrected chi connectivity index (χ0v) is 39.9. The summed E-state index contributed by atoms with van der Waals surface area (Å²) in [6.07, 6.45) is 0. The van der Waals surface area contributed by atoms with E-state index in [1.54, 1.807) is 54.6 Å². The van der Waals surface area contributed by atoms with Crippen molar-refractivity contribution in [1.29, 1.82) is 0 Å². The molecule has 0 saturated heterocycles. The highest BCUT2D eigenvalue weighted by Gasteiger charge is 2.25. The molecule has 27 heteroatoms. The van der Waals surface area contributed by atoms with E-state index in [0.29, 0.717) is 34.9 Å². The SMILES string of the molecule is Nc1cc(-c2ccccc2)c(F)cc1F.O=S(=O)(Cl)c1cc(F)cc(Cl)c1O.O=S(=O)(Nc1cc(-c2ccccc2)c(F)cc1F)c1cc(F)cc(Cl)c1O.O=S([O-])OCl.Oc1ccc(F)cc1Cl. The number of nitrogens with one attached hydrogen (secondary N) is 1. The summed E-state index contributed by atoms with van der Waals surface area (Å²) in [7, 11) is -3.90. The van der Waals surface area contributed by atoms with Crippen molar-refractivity contribution >= 4 is 99.2 Å². The molecule has 69 heavy (non-hydrogen) atoms. The number of anilines is 2. The molecule has 0 spiro atoms. The normalized spacial score (nSPS) is 11.2. The van der Waals surface area contributed by atoms with Gasteiger partial charge in [-0.2, -0.15) is 3.74 Å². The molecule has 0 aliphatic heterocycles. The number of nitrogen functional groups attached to an aromatic ring is 1. The standard InChI is InChI=1S/C18H11ClF3NO3S.C12H9F2N.C6H3Cl2FO3S.C6H4ClFO.ClHO3S/c19-13-6-11(20)7-17(18(13)24)27(25,26)23-16-8-12(14(21)9-15(16)22)10-4-2-1-3-5-10;13-10-7-11(14)12(15)6-9(10)8-4-2-1-3-5-8;7-4-1-3(9)2-5(6(4)10)13(8,11)12;7-5-3-4(8)1-2-6(5)9;1-4-5(2)3/h1-9,23-24H;1-7H,15H2;1-2,10H;1-3,9H;(H,2,3)/p-1. The smallest absolute Gasteiger partial charge is 0.265 e. The van der Waals surface area contributed by atoms with Crippen molar-refractivity contribution in [3.8, 4) is 39.5 Å². The molecule has 0 bridgehead atoms. The summed E-state index contributed by atoms with van der Waals surface area (Å²) in [5.41, 5.74) is 6.11. The maximum atomic E-state index is 14.1. The van der Waals surface area contributed by atoms with Crippen LogP contribution < -0.4 is 10.5 Å². The highest BCUT2D eigenvalue weighted by molar-refractivity contribution is 8.13. The first-order chi connectivity index (χ1) is 32.2. The molecular formula is C42H27Cl5F7N2O10S3-. The molecule has 6 N–H and O–H groups in total. The van der Waals surface area contributed by atoms with Crippen LogP contribution in [0.25, 0.3) is 22.3 Å². The van der Waals surface area contributed by atoms with Crippen LogP contribution in [0.2, 0.25) is 15.1 Å². The number of rotatable bonds is 7. The van der Waals surface area contributed by atoms with E-state index >= 15 is 0 Å². The van der Waals surface area contributed by atoms with Gasteiger partial charge < -0.3 is 25.6 Å². The lowest BCUT2D eigenvalue weighted by atomic mass is 10.0. The first-order valence-electron chi connectivity index (χ1n) is 17.9. The minimum Gasteiger partial charge on any atom is -0.749 e.